The fraction of sp³-hybridized carbons (Fsp3) is 0.812. The average molecular weight is 296 g/mol. The van der Waals surface area contributed by atoms with E-state index in [1.165, 1.54) is 10.7 Å². The molecule has 0 spiro atoms. The van der Waals surface area contributed by atoms with Gasteiger partial charge in [0.05, 0.1) is 17.3 Å². The number of rotatable bonds is 5. The standard InChI is InChI=1S/C16H28N2OS/c1-11(2)14-10-20-15(17-14)16(18-12(3)4)8-6-13(19-5)7-9-16/h10-13,18H,6-9H2,1-5H3. The highest BCUT2D eigenvalue weighted by Crippen LogP contribution is 2.40. The van der Waals surface area contributed by atoms with Crippen LogP contribution in [-0.4, -0.2) is 24.2 Å². The minimum Gasteiger partial charge on any atom is -0.381 e. The molecule has 114 valence electrons. The van der Waals surface area contributed by atoms with Crippen LogP contribution in [0.4, 0.5) is 0 Å². The third kappa shape index (κ3) is 3.41. The molecule has 0 aromatic carbocycles. The topological polar surface area (TPSA) is 34.1 Å². The van der Waals surface area contributed by atoms with Gasteiger partial charge in [0.15, 0.2) is 0 Å². The molecular weight excluding hydrogens is 268 g/mol. The number of ether oxygens (including phenoxy) is 1. The lowest BCUT2D eigenvalue weighted by atomic mass is 9.80. The van der Waals surface area contributed by atoms with Gasteiger partial charge in [-0.2, -0.15) is 0 Å². The fourth-order valence-corrected chi connectivity index (χ4v) is 4.27. The van der Waals surface area contributed by atoms with Crippen molar-refractivity contribution in [3.8, 4) is 0 Å². The van der Waals surface area contributed by atoms with E-state index in [1.54, 1.807) is 0 Å². The molecule has 4 heteroatoms. The Hall–Kier alpha value is -0.450. The Morgan fingerprint density at radius 3 is 2.40 bits per heavy atom. The predicted molar refractivity (Wildman–Crippen MR) is 85.4 cm³/mol. The second kappa shape index (κ2) is 6.54. The molecule has 1 aliphatic rings. The van der Waals surface area contributed by atoms with E-state index in [4.69, 9.17) is 9.72 Å². The van der Waals surface area contributed by atoms with E-state index in [9.17, 15) is 0 Å². The van der Waals surface area contributed by atoms with Crippen LogP contribution in [0, 0.1) is 0 Å². The SMILES string of the molecule is COC1CCC(NC(C)C)(c2nc(C(C)C)cs2)CC1. The molecule has 1 fully saturated rings. The lowest BCUT2D eigenvalue weighted by Gasteiger charge is -2.40. The number of aromatic nitrogens is 1. The van der Waals surface area contributed by atoms with E-state index in [0.29, 0.717) is 18.1 Å². The molecule has 1 aliphatic carbocycles. The van der Waals surface area contributed by atoms with E-state index >= 15 is 0 Å². The molecule has 2 rings (SSSR count). The number of nitrogens with one attached hydrogen (secondary N) is 1. The zero-order valence-corrected chi connectivity index (χ0v) is 14.2. The molecule has 1 aromatic rings. The average Bonchev–Trinajstić information content (AvgIpc) is 2.89. The molecule has 0 saturated heterocycles. The molecule has 0 aliphatic heterocycles. The van der Waals surface area contributed by atoms with Gasteiger partial charge < -0.3 is 10.1 Å². The minimum absolute atomic E-state index is 0.0566. The Morgan fingerprint density at radius 1 is 1.30 bits per heavy atom. The van der Waals surface area contributed by atoms with Crippen molar-refractivity contribution < 1.29 is 4.74 Å². The summed E-state index contributed by atoms with van der Waals surface area (Å²) in [6, 6.07) is 0.473. The van der Waals surface area contributed by atoms with Gasteiger partial charge >= 0.3 is 0 Å². The summed E-state index contributed by atoms with van der Waals surface area (Å²) >= 11 is 1.82. The fourth-order valence-electron chi connectivity index (χ4n) is 3.06. The maximum atomic E-state index is 5.52. The Morgan fingerprint density at radius 2 is 1.95 bits per heavy atom. The maximum absolute atomic E-state index is 5.52. The van der Waals surface area contributed by atoms with Crippen molar-refractivity contribution >= 4 is 11.3 Å². The van der Waals surface area contributed by atoms with Gasteiger partial charge in [-0.25, -0.2) is 4.98 Å². The molecule has 0 amide bonds. The van der Waals surface area contributed by atoms with Crippen molar-refractivity contribution in [1.29, 1.82) is 0 Å². The first-order chi connectivity index (χ1) is 9.47. The lowest BCUT2D eigenvalue weighted by molar-refractivity contribution is 0.0381. The lowest BCUT2D eigenvalue weighted by Crippen LogP contribution is -2.49. The van der Waals surface area contributed by atoms with Crippen molar-refractivity contribution in [1.82, 2.24) is 10.3 Å². The first kappa shape index (κ1) is 15.9. The number of hydrogen-bond donors (Lipinski definition) is 1. The van der Waals surface area contributed by atoms with Crippen LogP contribution < -0.4 is 5.32 Å². The third-order valence-electron chi connectivity index (χ3n) is 4.21. The van der Waals surface area contributed by atoms with E-state index in [1.807, 2.05) is 18.4 Å². The zero-order valence-electron chi connectivity index (χ0n) is 13.4. The Bertz CT molecular complexity index is 420. The summed E-state index contributed by atoms with van der Waals surface area (Å²) in [6.45, 7) is 8.87. The van der Waals surface area contributed by atoms with Crippen LogP contribution in [-0.2, 0) is 10.3 Å². The molecule has 0 radical (unpaired) electrons. The molecule has 3 nitrogen and oxygen atoms in total. The van der Waals surface area contributed by atoms with E-state index in [-0.39, 0.29) is 5.54 Å². The van der Waals surface area contributed by atoms with E-state index in [0.717, 1.165) is 25.7 Å². The molecule has 1 heterocycles. The van der Waals surface area contributed by atoms with Crippen molar-refractivity contribution in [3.05, 3.63) is 16.1 Å². The minimum atomic E-state index is 0.0566. The number of methoxy groups -OCH3 is 1. The summed E-state index contributed by atoms with van der Waals surface area (Å²) < 4.78 is 5.52. The number of nitrogens with zero attached hydrogens (tertiary/aromatic N) is 1. The largest absolute Gasteiger partial charge is 0.381 e. The molecule has 1 N–H and O–H groups in total. The van der Waals surface area contributed by atoms with Gasteiger partial charge in [0.25, 0.3) is 0 Å². The van der Waals surface area contributed by atoms with Gasteiger partial charge in [-0.1, -0.05) is 13.8 Å². The van der Waals surface area contributed by atoms with Crippen LogP contribution in [0.15, 0.2) is 5.38 Å². The Balaban J connectivity index is 2.22. The van der Waals surface area contributed by atoms with Gasteiger partial charge in [-0.05, 0) is 45.4 Å². The van der Waals surface area contributed by atoms with Crippen molar-refractivity contribution in [2.24, 2.45) is 0 Å². The number of hydrogen-bond acceptors (Lipinski definition) is 4. The quantitative estimate of drug-likeness (QED) is 0.890. The van der Waals surface area contributed by atoms with Crippen LogP contribution >= 0.6 is 11.3 Å². The maximum Gasteiger partial charge on any atom is 0.113 e. The van der Waals surface area contributed by atoms with Crippen LogP contribution in [0.1, 0.15) is 70.0 Å². The molecule has 0 atom stereocenters. The molecular formula is C16H28N2OS. The zero-order chi connectivity index (χ0) is 14.8. The van der Waals surface area contributed by atoms with Gasteiger partial charge in [-0.15, -0.1) is 11.3 Å². The summed E-state index contributed by atoms with van der Waals surface area (Å²) in [4.78, 5) is 4.92. The second-order valence-electron chi connectivity index (χ2n) is 6.55. The van der Waals surface area contributed by atoms with Gasteiger partial charge in [-0.3, -0.25) is 0 Å². The van der Waals surface area contributed by atoms with Gasteiger partial charge in [0, 0.05) is 18.5 Å². The Labute approximate surface area is 127 Å². The van der Waals surface area contributed by atoms with Crippen molar-refractivity contribution in [3.63, 3.8) is 0 Å². The monoisotopic (exact) mass is 296 g/mol. The number of thiazole rings is 1. The third-order valence-corrected chi connectivity index (χ3v) is 5.27. The highest BCUT2D eigenvalue weighted by molar-refractivity contribution is 7.09. The summed E-state index contributed by atoms with van der Waals surface area (Å²) in [5.74, 6) is 0.506. The van der Waals surface area contributed by atoms with Crippen LogP contribution in [0.2, 0.25) is 0 Å². The molecule has 0 bridgehead atoms. The second-order valence-corrected chi connectivity index (χ2v) is 7.41. The highest BCUT2D eigenvalue weighted by atomic mass is 32.1. The molecule has 0 unspecified atom stereocenters. The highest BCUT2D eigenvalue weighted by Gasteiger charge is 2.39. The summed E-state index contributed by atoms with van der Waals surface area (Å²) in [6.07, 6.45) is 4.89. The normalized spacial score (nSPS) is 27.4. The van der Waals surface area contributed by atoms with Crippen molar-refractivity contribution in [2.45, 2.75) is 77.0 Å². The first-order valence-electron chi connectivity index (χ1n) is 7.73. The van der Waals surface area contributed by atoms with E-state index in [2.05, 4.69) is 38.4 Å². The predicted octanol–water partition coefficient (Wildman–Crippen LogP) is 4.05. The van der Waals surface area contributed by atoms with Crippen LogP contribution in [0.3, 0.4) is 0 Å². The molecule has 20 heavy (non-hydrogen) atoms. The van der Waals surface area contributed by atoms with Crippen LogP contribution in [0.5, 0.6) is 0 Å². The summed E-state index contributed by atoms with van der Waals surface area (Å²) in [5, 5.41) is 7.30. The Kier molecular flexibility index (Phi) is 5.21. The molecule has 1 saturated carbocycles. The summed E-state index contributed by atoms with van der Waals surface area (Å²) in [5.41, 5.74) is 1.28. The first-order valence-corrected chi connectivity index (χ1v) is 8.61. The van der Waals surface area contributed by atoms with Crippen LogP contribution in [0.25, 0.3) is 0 Å². The van der Waals surface area contributed by atoms with Gasteiger partial charge in [0.1, 0.15) is 5.01 Å². The van der Waals surface area contributed by atoms with Crippen molar-refractivity contribution in [2.75, 3.05) is 7.11 Å². The smallest absolute Gasteiger partial charge is 0.113 e. The van der Waals surface area contributed by atoms with Gasteiger partial charge in [0.2, 0.25) is 0 Å². The molecule has 1 aromatic heterocycles. The van der Waals surface area contributed by atoms with E-state index < -0.39 is 0 Å². The summed E-state index contributed by atoms with van der Waals surface area (Å²) in [7, 11) is 1.83.